The summed E-state index contributed by atoms with van der Waals surface area (Å²) < 4.78 is 5.18. The minimum absolute atomic E-state index is 0.187. The molecular weight excluding hydrogens is 274 g/mol. The van der Waals surface area contributed by atoms with Crippen LogP contribution in [0.1, 0.15) is 31.9 Å². The summed E-state index contributed by atoms with van der Waals surface area (Å²) in [5.74, 6) is -0.831. The summed E-state index contributed by atoms with van der Waals surface area (Å²) in [5.41, 5.74) is -0.540. The van der Waals surface area contributed by atoms with Crippen LogP contribution in [-0.4, -0.2) is 28.9 Å². The number of aliphatic hydroxyl groups is 1. The van der Waals surface area contributed by atoms with E-state index < -0.39 is 23.3 Å². The Balaban J connectivity index is 2.43. The van der Waals surface area contributed by atoms with Gasteiger partial charge in [-0.15, -0.1) is 0 Å². The van der Waals surface area contributed by atoms with Gasteiger partial charge in [-0.3, -0.25) is 14.5 Å². The van der Waals surface area contributed by atoms with Gasteiger partial charge in [0.15, 0.2) is 10.7 Å². The monoisotopic (exact) mass is 292 g/mol. The zero-order valence-electron chi connectivity index (χ0n) is 12.1. The lowest BCUT2D eigenvalue weighted by atomic mass is 10.1. The second-order valence-electron chi connectivity index (χ2n) is 4.58. The zero-order valence-corrected chi connectivity index (χ0v) is 12.1. The van der Waals surface area contributed by atoms with Gasteiger partial charge in [0.25, 0.3) is 0 Å². The minimum Gasteiger partial charge on any atom is -0.505 e. The van der Waals surface area contributed by atoms with Gasteiger partial charge in [0.1, 0.15) is 5.76 Å². The first-order chi connectivity index (χ1) is 9.97. The average Bonchev–Trinajstić information content (AvgIpc) is 2.95. The minimum atomic E-state index is -0.839. The molecule has 0 aliphatic heterocycles. The van der Waals surface area contributed by atoms with Gasteiger partial charge in [0, 0.05) is 26.8 Å². The molecule has 0 spiro atoms. The Hall–Kier alpha value is -2.62. The zero-order chi connectivity index (χ0) is 15.8. The van der Waals surface area contributed by atoms with Crippen molar-refractivity contribution in [1.82, 2.24) is 4.90 Å². The fourth-order valence-corrected chi connectivity index (χ4v) is 1.74. The van der Waals surface area contributed by atoms with Crippen LogP contribution in [0.4, 0.5) is 0 Å². The Morgan fingerprint density at radius 1 is 1.43 bits per heavy atom. The second-order valence-corrected chi connectivity index (χ2v) is 4.58. The molecule has 0 saturated heterocycles. The lowest BCUT2D eigenvalue weighted by molar-refractivity contribution is -0.140. The van der Waals surface area contributed by atoms with E-state index in [2.05, 4.69) is 4.98 Å². The maximum atomic E-state index is 11.8. The summed E-state index contributed by atoms with van der Waals surface area (Å²) in [4.78, 5) is 27.2. The highest BCUT2D eigenvalue weighted by molar-refractivity contribution is 6.05. The molecular formula is C14H18N3O4+. The van der Waals surface area contributed by atoms with E-state index in [1.807, 2.05) is 6.07 Å². The van der Waals surface area contributed by atoms with Gasteiger partial charge in [0.05, 0.1) is 6.26 Å². The summed E-state index contributed by atoms with van der Waals surface area (Å²) in [6.07, 6.45) is 3.87. The van der Waals surface area contributed by atoms with Crippen molar-refractivity contribution < 1.29 is 19.1 Å². The van der Waals surface area contributed by atoms with Gasteiger partial charge in [0.2, 0.25) is 11.3 Å². The number of carbonyl (C=O) groups is 2. The standard InChI is InChI=1S/C14H17N3O4/c1-10(18)13(16-15)14(20)17(2)12(19)8-4-3-6-11-7-5-9-21-11/h5,7,9H,3-4,6,8H2,1-2H3/p+1. The van der Waals surface area contributed by atoms with Crippen molar-refractivity contribution in [1.29, 1.82) is 5.39 Å². The quantitative estimate of drug-likeness (QED) is 0.376. The van der Waals surface area contributed by atoms with Crippen molar-refractivity contribution in [2.45, 2.75) is 32.6 Å². The van der Waals surface area contributed by atoms with Crippen molar-refractivity contribution in [3.63, 3.8) is 0 Å². The number of imide groups is 1. The molecule has 0 radical (unpaired) electrons. The summed E-state index contributed by atoms with van der Waals surface area (Å²) in [6.45, 7) is 1.20. The van der Waals surface area contributed by atoms with Crippen molar-refractivity contribution >= 4 is 11.8 Å². The molecule has 21 heavy (non-hydrogen) atoms. The van der Waals surface area contributed by atoms with E-state index in [4.69, 9.17) is 9.81 Å². The maximum Gasteiger partial charge on any atom is 0.485 e. The van der Waals surface area contributed by atoms with Crippen LogP contribution in [0.25, 0.3) is 4.98 Å². The highest BCUT2D eigenvalue weighted by atomic mass is 16.3. The highest BCUT2D eigenvalue weighted by Crippen LogP contribution is 2.11. The van der Waals surface area contributed by atoms with E-state index in [0.29, 0.717) is 6.42 Å². The average molecular weight is 292 g/mol. The van der Waals surface area contributed by atoms with Crippen molar-refractivity contribution in [2.24, 2.45) is 0 Å². The van der Waals surface area contributed by atoms with Gasteiger partial charge in [-0.05, 0) is 25.0 Å². The molecule has 0 aliphatic carbocycles. The lowest BCUT2D eigenvalue weighted by Gasteiger charge is -2.11. The van der Waals surface area contributed by atoms with Crippen LogP contribution >= 0.6 is 0 Å². The lowest BCUT2D eigenvalue weighted by Crippen LogP contribution is -2.33. The molecule has 7 heteroatoms. The van der Waals surface area contributed by atoms with Crippen LogP contribution in [0.2, 0.25) is 0 Å². The van der Waals surface area contributed by atoms with Crippen molar-refractivity contribution in [2.75, 3.05) is 7.05 Å². The largest absolute Gasteiger partial charge is 0.505 e. The number of carbonyl (C=O) groups excluding carboxylic acids is 2. The van der Waals surface area contributed by atoms with E-state index in [-0.39, 0.29) is 6.42 Å². The molecule has 112 valence electrons. The van der Waals surface area contributed by atoms with E-state index in [1.165, 1.54) is 14.0 Å². The number of diazo groups is 1. The van der Waals surface area contributed by atoms with Gasteiger partial charge < -0.3 is 9.52 Å². The predicted molar refractivity (Wildman–Crippen MR) is 74.5 cm³/mol. The van der Waals surface area contributed by atoms with Gasteiger partial charge in [-0.25, -0.2) is 0 Å². The van der Waals surface area contributed by atoms with Crippen LogP contribution in [0.15, 0.2) is 34.3 Å². The summed E-state index contributed by atoms with van der Waals surface area (Å²) in [5, 5.41) is 17.8. The fraction of sp³-hybridized carbons (Fsp3) is 0.429. The number of unbranched alkanes of at least 4 members (excludes halogenated alkanes) is 1. The number of aliphatic hydroxyl groups excluding tert-OH is 1. The molecule has 0 bridgehead atoms. The molecule has 0 fully saturated rings. The van der Waals surface area contributed by atoms with E-state index in [9.17, 15) is 14.7 Å². The molecule has 1 rings (SSSR count). The van der Waals surface area contributed by atoms with Gasteiger partial charge in [-0.1, -0.05) is 0 Å². The second kappa shape index (κ2) is 7.85. The molecule has 0 aliphatic rings. The third-order valence-electron chi connectivity index (χ3n) is 2.97. The van der Waals surface area contributed by atoms with Gasteiger partial charge >= 0.3 is 11.6 Å². The Morgan fingerprint density at radius 3 is 2.67 bits per heavy atom. The molecule has 1 N–H and O–H groups in total. The first kappa shape index (κ1) is 16.4. The number of aryl methyl sites for hydroxylation is 1. The Morgan fingerprint density at radius 2 is 2.14 bits per heavy atom. The van der Waals surface area contributed by atoms with Crippen LogP contribution in [-0.2, 0) is 16.0 Å². The molecule has 0 aromatic carbocycles. The molecule has 0 saturated carbocycles. The molecule has 2 amide bonds. The number of hydrogen-bond donors (Lipinski definition) is 1. The summed E-state index contributed by atoms with van der Waals surface area (Å²) in [7, 11) is 1.28. The maximum absolute atomic E-state index is 11.8. The fourth-order valence-electron chi connectivity index (χ4n) is 1.74. The molecule has 1 heterocycles. The number of furan rings is 1. The molecule has 0 unspecified atom stereocenters. The SMILES string of the molecule is C/C(O)=C(\[N+]#N)C(=O)N(C)C(=O)CCCCc1ccco1. The van der Waals surface area contributed by atoms with Crippen LogP contribution in [0, 0.1) is 5.39 Å². The number of allylic oxidation sites excluding steroid dienone is 1. The van der Waals surface area contributed by atoms with Crippen molar-refractivity contribution in [3.05, 3.63) is 40.6 Å². The Kier molecular flexibility index (Phi) is 6.14. The molecule has 1 aromatic heterocycles. The molecule has 0 atom stereocenters. The summed E-state index contributed by atoms with van der Waals surface area (Å²) in [6, 6.07) is 3.66. The Bertz CT molecular complexity index is 566. The predicted octanol–water partition coefficient (Wildman–Crippen LogP) is 2.62. The third-order valence-corrected chi connectivity index (χ3v) is 2.97. The topological polar surface area (TPSA) is 98.9 Å². The van der Waals surface area contributed by atoms with Crippen LogP contribution in [0.3, 0.4) is 0 Å². The first-order valence-electron chi connectivity index (χ1n) is 6.55. The number of hydrogen-bond acceptors (Lipinski definition) is 5. The van der Waals surface area contributed by atoms with E-state index >= 15 is 0 Å². The van der Waals surface area contributed by atoms with Crippen LogP contribution in [0.5, 0.6) is 0 Å². The van der Waals surface area contributed by atoms with Crippen molar-refractivity contribution in [3.8, 4) is 0 Å². The first-order valence-corrected chi connectivity index (χ1v) is 6.55. The number of rotatable bonds is 6. The molecule has 1 aromatic rings. The van der Waals surface area contributed by atoms with Crippen LogP contribution < -0.4 is 0 Å². The smallest absolute Gasteiger partial charge is 0.485 e. The highest BCUT2D eigenvalue weighted by Gasteiger charge is 2.32. The number of nitrogens with zero attached hydrogens (tertiary/aromatic N) is 3. The van der Waals surface area contributed by atoms with E-state index in [1.54, 1.807) is 12.3 Å². The Labute approximate surface area is 122 Å². The van der Waals surface area contributed by atoms with Gasteiger partial charge in [-0.2, -0.15) is 0 Å². The third kappa shape index (κ3) is 4.76. The number of amides is 2. The number of likely N-dealkylation sites (N-methyl/N-ethyl adjacent to an activating group) is 1. The molecule has 7 nitrogen and oxygen atoms in total. The summed E-state index contributed by atoms with van der Waals surface area (Å²) >= 11 is 0. The van der Waals surface area contributed by atoms with E-state index in [0.717, 1.165) is 23.5 Å². The normalized spacial score (nSPS) is 11.5.